The molecule has 2 aromatic heterocycles. The topological polar surface area (TPSA) is 64.7 Å². The average molecular weight is 302 g/mol. The molecule has 0 bridgehead atoms. The molecule has 3 rings (SSSR count). The van der Waals surface area contributed by atoms with E-state index in [1.807, 2.05) is 0 Å². The highest BCUT2D eigenvalue weighted by Crippen LogP contribution is 2.37. The van der Waals surface area contributed by atoms with E-state index in [1.54, 1.807) is 11.3 Å². The third kappa shape index (κ3) is 2.44. The van der Waals surface area contributed by atoms with Gasteiger partial charge in [0.2, 0.25) is 5.13 Å². The fraction of sp³-hybridized carbons (Fsp3) is 0.214. The van der Waals surface area contributed by atoms with E-state index < -0.39 is 0 Å². The van der Waals surface area contributed by atoms with E-state index >= 15 is 0 Å². The quantitative estimate of drug-likeness (QED) is 0.799. The minimum absolute atomic E-state index is 0.493. The summed E-state index contributed by atoms with van der Waals surface area (Å²) in [6.07, 6.45) is 0.872. The van der Waals surface area contributed by atoms with Crippen molar-refractivity contribution in [3.63, 3.8) is 0 Å². The van der Waals surface area contributed by atoms with Crippen molar-refractivity contribution in [2.45, 2.75) is 20.3 Å². The normalized spacial score (nSPS) is 10.9. The van der Waals surface area contributed by atoms with Gasteiger partial charge in [0.25, 0.3) is 0 Å². The molecule has 4 nitrogen and oxygen atoms in total. The fourth-order valence-corrected chi connectivity index (χ4v) is 3.77. The molecule has 0 atom stereocenters. The summed E-state index contributed by atoms with van der Waals surface area (Å²) in [5.41, 5.74) is 9.11. The van der Waals surface area contributed by atoms with E-state index in [9.17, 15) is 0 Å². The first-order valence-electron chi connectivity index (χ1n) is 6.33. The number of nitrogens with zero attached hydrogens (tertiary/aromatic N) is 3. The molecule has 0 spiro atoms. The Kier molecular flexibility index (Phi) is 3.50. The van der Waals surface area contributed by atoms with Crippen LogP contribution in [0.2, 0.25) is 0 Å². The Hall–Kier alpha value is -1.79. The summed E-state index contributed by atoms with van der Waals surface area (Å²) in [4.78, 5) is 5.81. The van der Waals surface area contributed by atoms with Gasteiger partial charge in [0.1, 0.15) is 5.01 Å². The molecule has 0 fully saturated rings. The molecule has 1 aromatic carbocycles. The van der Waals surface area contributed by atoms with Gasteiger partial charge < -0.3 is 5.73 Å². The van der Waals surface area contributed by atoms with Gasteiger partial charge in [0.05, 0.1) is 10.6 Å². The summed E-state index contributed by atoms with van der Waals surface area (Å²) in [5.74, 6) is 0. The van der Waals surface area contributed by atoms with Crippen LogP contribution in [0, 0.1) is 6.92 Å². The minimum Gasteiger partial charge on any atom is -0.374 e. The minimum atomic E-state index is 0.493. The van der Waals surface area contributed by atoms with Gasteiger partial charge >= 0.3 is 0 Å². The van der Waals surface area contributed by atoms with Crippen LogP contribution < -0.4 is 5.73 Å². The molecule has 3 aromatic rings. The van der Waals surface area contributed by atoms with Crippen molar-refractivity contribution in [3.05, 3.63) is 35.5 Å². The molecular formula is C14H14N4S2. The summed E-state index contributed by atoms with van der Waals surface area (Å²) in [6, 6.07) is 8.41. The van der Waals surface area contributed by atoms with Crippen LogP contribution in [0.5, 0.6) is 0 Å². The highest BCUT2D eigenvalue weighted by molar-refractivity contribution is 7.24. The molecule has 0 aliphatic heterocycles. The zero-order chi connectivity index (χ0) is 14.1. The maximum Gasteiger partial charge on any atom is 0.203 e. The number of benzene rings is 1. The number of anilines is 1. The number of thiazole rings is 1. The maximum atomic E-state index is 5.67. The standard InChI is InChI=1S/C14H14N4S2/c1-3-10-11(13-17-18-14(15)20-13)19-12(16-10)9-6-4-8(2)5-7-9/h4-7H,3H2,1-2H3,(H2,15,18). The Morgan fingerprint density at radius 3 is 2.40 bits per heavy atom. The lowest BCUT2D eigenvalue weighted by atomic mass is 10.2. The van der Waals surface area contributed by atoms with E-state index in [4.69, 9.17) is 10.7 Å². The van der Waals surface area contributed by atoms with Crippen molar-refractivity contribution < 1.29 is 0 Å². The monoisotopic (exact) mass is 302 g/mol. The predicted molar refractivity (Wildman–Crippen MR) is 85.0 cm³/mol. The number of rotatable bonds is 3. The van der Waals surface area contributed by atoms with Gasteiger partial charge in [-0.05, 0) is 13.3 Å². The average Bonchev–Trinajstić information content (AvgIpc) is 3.05. The number of nitrogens with two attached hydrogens (primary N) is 1. The largest absolute Gasteiger partial charge is 0.374 e. The van der Waals surface area contributed by atoms with Crippen molar-refractivity contribution in [3.8, 4) is 20.5 Å². The van der Waals surface area contributed by atoms with E-state index in [0.29, 0.717) is 5.13 Å². The Balaban J connectivity index is 2.06. The first-order chi connectivity index (χ1) is 9.67. The fourth-order valence-electron chi connectivity index (χ4n) is 1.90. The molecule has 0 radical (unpaired) electrons. The number of aryl methyl sites for hydroxylation is 2. The molecule has 0 unspecified atom stereocenters. The second-order valence-corrected chi connectivity index (χ2v) is 6.47. The molecule has 0 saturated carbocycles. The second-order valence-electron chi connectivity index (χ2n) is 4.46. The lowest BCUT2D eigenvalue weighted by Gasteiger charge is -1.96. The van der Waals surface area contributed by atoms with Crippen LogP contribution in [-0.4, -0.2) is 15.2 Å². The Morgan fingerprint density at radius 1 is 1.05 bits per heavy atom. The summed E-state index contributed by atoms with van der Waals surface area (Å²) in [6.45, 7) is 4.18. The molecular weight excluding hydrogens is 288 g/mol. The zero-order valence-corrected chi connectivity index (χ0v) is 12.9. The third-order valence-electron chi connectivity index (χ3n) is 2.97. The van der Waals surface area contributed by atoms with Crippen molar-refractivity contribution in [1.82, 2.24) is 15.2 Å². The predicted octanol–water partition coefficient (Wildman–Crippen LogP) is 3.78. The van der Waals surface area contributed by atoms with Gasteiger partial charge in [0.15, 0.2) is 5.01 Å². The van der Waals surface area contributed by atoms with Crippen LogP contribution in [-0.2, 0) is 6.42 Å². The highest BCUT2D eigenvalue weighted by Gasteiger charge is 2.16. The number of aromatic nitrogens is 3. The van der Waals surface area contributed by atoms with Crippen molar-refractivity contribution in [2.75, 3.05) is 5.73 Å². The Bertz CT molecular complexity index is 728. The number of nitrogen functional groups attached to an aromatic ring is 1. The first-order valence-corrected chi connectivity index (χ1v) is 7.96. The summed E-state index contributed by atoms with van der Waals surface area (Å²) >= 11 is 3.06. The lowest BCUT2D eigenvalue weighted by Crippen LogP contribution is -1.84. The molecule has 6 heteroatoms. The van der Waals surface area contributed by atoms with E-state index in [2.05, 4.69) is 48.3 Å². The van der Waals surface area contributed by atoms with Crippen LogP contribution in [0.25, 0.3) is 20.5 Å². The van der Waals surface area contributed by atoms with Crippen LogP contribution >= 0.6 is 22.7 Å². The molecule has 0 saturated heterocycles. The third-order valence-corrected chi connectivity index (χ3v) is 5.02. The molecule has 0 aliphatic carbocycles. The smallest absolute Gasteiger partial charge is 0.203 e. The summed E-state index contributed by atoms with van der Waals surface area (Å²) in [5, 5.41) is 10.4. The number of hydrogen-bond donors (Lipinski definition) is 1. The summed E-state index contributed by atoms with van der Waals surface area (Å²) < 4.78 is 0. The number of hydrogen-bond acceptors (Lipinski definition) is 6. The van der Waals surface area contributed by atoms with Crippen LogP contribution in [0.15, 0.2) is 24.3 Å². The van der Waals surface area contributed by atoms with Crippen molar-refractivity contribution >= 4 is 27.8 Å². The molecule has 2 heterocycles. The molecule has 20 heavy (non-hydrogen) atoms. The summed E-state index contributed by atoms with van der Waals surface area (Å²) in [7, 11) is 0. The second kappa shape index (κ2) is 5.30. The van der Waals surface area contributed by atoms with Crippen molar-refractivity contribution in [2.24, 2.45) is 0 Å². The molecule has 102 valence electrons. The first kappa shape index (κ1) is 13.2. The van der Waals surface area contributed by atoms with Crippen molar-refractivity contribution in [1.29, 1.82) is 0 Å². The van der Waals surface area contributed by atoms with Crippen LogP contribution in [0.4, 0.5) is 5.13 Å². The van der Waals surface area contributed by atoms with Gasteiger partial charge in [-0.25, -0.2) is 4.98 Å². The SMILES string of the molecule is CCc1nc(-c2ccc(C)cc2)sc1-c1nnc(N)s1. The van der Waals surface area contributed by atoms with Crippen LogP contribution in [0.1, 0.15) is 18.2 Å². The Labute approximate surface area is 125 Å². The molecule has 0 aliphatic rings. The van der Waals surface area contributed by atoms with E-state index in [0.717, 1.165) is 32.6 Å². The molecule has 2 N–H and O–H groups in total. The lowest BCUT2D eigenvalue weighted by molar-refractivity contribution is 1.05. The zero-order valence-electron chi connectivity index (χ0n) is 11.3. The van der Waals surface area contributed by atoms with Gasteiger partial charge in [0, 0.05) is 5.56 Å². The molecule has 0 amide bonds. The van der Waals surface area contributed by atoms with Gasteiger partial charge in [-0.15, -0.1) is 21.5 Å². The van der Waals surface area contributed by atoms with Crippen LogP contribution in [0.3, 0.4) is 0 Å². The van der Waals surface area contributed by atoms with E-state index in [-0.39, 0.29) is 0 Å². The highest BCUT2D eigenvalue weighted by atomic mass is 32.1. The Morgan fingerprint density at radius 2 is 1.80 bits per heavy atom. The maximum absolute atomic E-state index is 5.67. The van der Waals surface area contributed by atoms with Gasteiger partial charge in [-0.1, -0.05) is 48.1 Å². The van der Waals surface area contributed by atoms with Gasteiger partial charge in [-0.2, -0.15) is 0 Å². The van der Waals surface area contributed by atoms with Gasteiger partial charge in [-0.3, -0.25) is 0 Å². The van der Waals surface area contributed by atoms with E-state index in [1.165, 1.54) is 16.9 Å².